The average molecular weight is 301 g/mol. The van der Waals surface area contributed by atoms with Crippen molar-refractivity contribution in [2.45, 2.75) is 44.8 Å². The van der Waals surface area contributed by atoms with Crippen molar-refractivity contribution < 1.29 is 4.79 Å². The van der Waals surface area contributed by atoms with Crippen LogP contribution in [0.15, 0.2) is 30.3 Å². The van der Waals surface area contributed by atoms with Crippen LogP contribution in [0.3, 0.4) is 0 Å². The van der Waals surface area contributed by atoms with Gasteiger partial charge in [-0.3, -0.25) is 9.69 Å². The second kappa shape index (κ2) is 6.80. The maximum atomic E-state index is 12.1. The summed E-state index contributed by atoms with van der Waals surface area (Å²) >= 11 is 0. The van der Waals surface area contributed by atoms with Crippen LogP contribution in [-0.2, 0) is 11.3 Å². The SMILES string of the molecule is C[C@H](N)C(=O)N1CC[C@H]2[C@@H](CCCN2Cc2ccccc2)C1. The van der Waals surface area contributed by atoms with Crippen molar-refractivity contribution in [3.63, 3.8) is 0 Å². The van der Waals surface area contributed by atoms with E-state index in [1.54, 1.807) is 6.92 Å². The van der Waals surface area contributed by atoms with E-state index >= 15 is 0 Å². The molecule has 0 aliphatic carbocycles. The molecule has 2 N–H and O–H groups in total. The van der Waals surface area contributed by atoms with Crippen LogP contribution in [0.2, 0.25) is 0 Å². The standard InChI is InChI=1S/C18H27N3O/c1-14(19)18(22)21-11-9-17-16(13-21)8-5-10-20(17)12-15-6-3-2-4-7-15/h2-4,6-7,14,16-17H,5,8-13,19H2,1H3/t14-,16-,17-/m0/s1. The molecule has 3 atom stereocenters. The molecule has 2 fully saturated rings. The molecule has 1 aromatic rings. The van der Waals surface area contributed by atoms with Crippen molar-refractivity contribution in [1.29, 1.82) is 0 Å². The van der Waals surface area contributed by atoms with Gasteiger partial charge in [0.1, 0.15) is 0 Å². The lowest BCUT2D eigenvalue weighted by atomic mass is 9.83. The molecule has 0 radical (unpaired) electrons. The Hall–Kier alpha value is -1.39. The van der Waals surface area contributed by atoms with E-state index in [1.165, 1.54) is 24.9 Å². The topological polar surface area (TPSA) is 49.6 Å². The molecule has 1 aromatic carbocycles. The van der Waals surface area contributed by atoms with E-state index in [-0.39, 0.29) is 11.9 Å². The number of hydrogen-bond acceptors (Lipinski definition) is 3. The smallest absolute Gasteiger partial charge is 0.239 e. The Kier molecular flexibility index (Phi) is 4.79. The molecule has 2 aliphatic heterocycles. The Balaban J connectivity index is 1.64. The number of nitrogens with two attached hydrogens (primary N) is 1. The molecule has 3 rings (SSSR count). The summed E-state index contributed by atoms with van der Waals surface area (Å²) in [6.45, 7) is 5.74. The number of hydrogen-bond donors (Lipinski definition) is 1. The van der Waals surface area contributed by atoms with Gasteiger partial charge in [-0.05, 0) is 44.2 Å². The van der Waals surface area contributed by atoms with Gasteiger partial charge in [0.2, 0.25) is 5.91 Å². The molecular formula is C18H27N3O. The van der Waals surface area contributed by atoms with E-state index in [4.69, 9.17) is 5.73 Å². The molecule has 0 bridgehead atoms. The molecule has 0 saturated carbocycles. The molecule has 4 nitrogen and oxygen atoms in total. The molecule has 2 heterocycles. The van der Waals surface area contributed by atoms with E-state index in [2.05, 4.69) is 35.2 Å². The van der Waals surface area contributed by atoms with Crippen molar-refractivity contribution >= 4 is 5.91 Å². The highest BCUT2D eigenvalue weighted by Gasteiger charge is 2.37. The van der Waals surface area contributed by atoms with Crippen LogP contribution in [0.4, 0.5) is 0 Å². The second-order valence-corrected chi connectivity index (χ2v) is 6.79. The molecular weight excluding hydrogens is 274 g/mol. The maximum Gasteiger partial charge on any atom is 0.239 e. The number of rotatable bonds is 3. The molecule has 22 heavy (non-hydrogen) atoms. The van der Waals surface area contributed by atoms with Crippen molar-refractivity contribution in [3.8, 4) is 0 Å². The summed E-state index contributed by atoms with van der Waals surface area (Å²) in [4.78, 5) is 16.7. The first-order valence-electron chi connectivity index (χ1n) is 8.47. The van der Waals surface area contributed by atoms with Gasteiger partial charge in [-0.1, -0.05) is 30.3 Å². The number of carbonyl (C=O) groups excluding carboxylic acids is 1. The van der Waals surface area contributed by atoms with Gasteiger partial charge in [0.25, 0.3) is 0 Å². The van der Waals surface area contributed by atoms with Crippen LogP contribution in [0, 0.1) is 5.92 Å². The zero-order valence-corrected chi connectivity index (χ0v) is 13.4. The molecule has 0 unspecified atom stereocenters. The van der Waals surface area contributed by atoms with Gasteiger partial charge < -0.3 is 10.6 Å². The van der Waals surface area contributed by atoms with Crippen molar-refractivity contribution in [2.75, 3.05) is 19.6 Å². The number of nitrogens with zero attached hydrogens (tertiary/aromatic N) is 2. The highest BCUT2D eigenvalue weighted by atomic mass is 16.2. The fourth-order valence-corrected chi connectivity index (χ4v) is 4.01. The van der Waals surface area contributed by atoms with Crippen LogP contribution in [-0.4, -0.2) is 47.4 Å². The summed E-state index contributed by atoms with van der Waals surface area (Å²) < 4.78 is 0. The van der Waals surface area contributed by atoms with Crippen molar-refractivity contribution in [1.82, 2.24) is 9.80 Å². The summed E-state index contributed by atoms with van der Waals surface area (Å²) in [5.74, 6) is 0.715. The maximum absolute atomic E-state index is 12.1. The highest BCUT2D eigenvalue weighted by Crippen LogP contribution is 2.31. The van der Waals surface area contributed by atoms with E-state index in [9.17, 15) is 4.79 Å². The van der Waals surface area contributed by atoms with Crippen molar-refractivity contribution in [2.24, 2.45) is 11.7 Å². The first-order chi connectivity index (χ1) is 10.6. The van der Waals surface area contributed by atoms with E-state index in [1.807, 2.05) is 4.90 Å². The molecule has 2 aliphatic rings. The summed E-state index contributed by atoms with van der Waals surface area (Å²) in [7, 11) is 0. The zero-order valence-electron chi connectivity index (χ0n) is 13.4. The normalized spacial score (nSPS) is 27.3. The van der Waals surface area contributed by atoms with Gasteiger partial charge in [0.15, 0.2) is 0 Å². The summed E-state index contributed by atoms with van der Waals surface area (Å²) in [6.07, 6.45) is 3.54. The monoisotopic (exact) mass is 301 g/mol. The van der Waals surface area contributed by atoms with E-state index in [0.717, 1.165) is 26.1 Å². The Morgan fingerprint density at radius 2 is 2.05 bits per heavy atom. The van der Waals surface area contributed by atoms with Crippen molar-refractivity contribution in [3.05, 3.63) is 35.9 Å². The van der Waals surface area contributed by atoms with Gasteiger partial charge in [0, 0.05) is 25.7 Å². The Morgan fingerprint density at radius 3 is 2.77 bits per heavy atom. The quantitative estimate of drug-likeness (QED) is 0.927. The Bertz CT molecular complexity index is 502. The Morgan fingerprint density at radius 1 is 1.27 bits per heavy atom. The predicted molar refractivity (Wildman–Crippen MR) is 88.2 cm³/mol. The van der Waals surface area contributed by atoms with Gasteiger partial charge in [-0.2, -0.15) is 0 Å². The first-order valence-corrected chi connectivity index (χ1v) is 8.47. The molecule has 1 amide bonds. The fraction of sp³-hybridized carbons (Fsp3) is 0.611. The third-order valence-electron chi connectivity index (χ3n) is 5.11. The molecule has 0 aromatic heterocycles. The third kappa shape index (κ3) is 3.33. The van der Waals surface area contributed by atoms with Crippen LogP contribution < -0.4 is 5.73 Å². The van der Waals surface area contributed by atoms with Gasteiger partial charge in [-0.25, -0.2) is 0 Å². The Labute approximate surface area is 133 Å². The van der Waals surface area contributed by atoms with Crippen LogP contribution in [0.1, 0.15) is 31.7 Å². The summed E-state index contributed by atoms with van der Waals surface area (Å²) in [5.41, 5.74) is 7.15. The molecule has 0 spiro atoms. The van der Waals surface area contributed by atoms with Crippen LogP contribution >= 0.6 is 0 Å². The van der Waals surface area contributed by atoms with Crippen LogP contribution in [0.25, 0.3) is 0 Å². The molecule has 120 valence electrons. The van der Waals surface area contributed by atoms with E-state index < -0.39 is 0 Å². The summed E-state index contributed by atoms with van der Waals surface area (Å²) in [5, 5.41) is 0. The minimum atomic E-state index is -0.374. The minimum Gasteiger partial charge on any atom is -0.341 e. The lowest BCUT2D eigenvalue weighted by molar-refractivity contribution is -0.136. The number of fused-ring (bicyclic) bond motifs is 1. The molecule has 2 saturated heterocycles. The van der Waals surface area contributed by atoms with Gasteiger partial charge in [0.05, 0.1) is 6.04 Å². The average Bonchev–Trinajstić information content (AvgIpc) is 2.55. The lowest BCUT2D eigenvalue weighted by Crippen LogP contribution is -2.56. The summed E-state index contributed by atoms with van der Waals surface area (Å²) in [6, 6.07) is 10.9. The van der Waals surface area contributed by atoms with Gasteiger partial charge in [-0.15, -0.1) is 0 Å². The minimum absolute atomic E-state index is 0.110. The zero-order chi connectivity index (χ0) is 15.5. The van der Waals surface area contributed by atoms with Gasteiger partial charge >= 0.3 is 0 Å². The highest BCUT2D eigenvalue weighted by molar-refractivity contribution is 5.81. The fourth-order valence-electron chi connectivity index (χ4n) is 4.01. The number of likely N-dealkylation sites (tertiary alicyclic amines) is 2. The number of amides is 1. The van der Waals surface area contributed by atoms with Crippen LogP contribution in [0.5, 0.6) is 0 Å². The second-order valence-electron chi connectivity index (χ2n) is 6.79. The number of piperidine rings is 2. The van der Waals surface area contributed by atoms with E-state index in [0.29, 0.717) is 12.0 Å². The number of carbonyl (C=O) groups is 1. The lowest BCUT2D eigenvalue weighted by Gasteiger charge is -2.47. The third-order valence-corrected chi connectivity index (χ3v) is 5.11. The number of benzene rings is 1. The molecule has 4 heteroatoms. The first kappa shape index (κ1) is 15.5. The largest absolute Gasteiger partial charge is 0.341 e. The predicted octanol–water partition coefficient (Wildman–Crippen LogP) is 1.85.